The van der Waals surface area contributed by atoms with Crippen molar-refractivity contribution in [1.29, 1.82) is 0 Å². The Kier molecular flexibility index (Phi) is 7.22. The summed E-state index contributed by atoms with van der Waals surface area (Å²) in [7, 11) is -0.152. The lowest BCUT2D eigenvalue weighted by molar-refractivity contribution is 0.177. The number of ether oxygens (including phenoxy) is 1. The Balaban J connectivity index is 1.45. The number of fused-ring (bicyclic) bond motifs is 1. The molecule has 0 amide bonds. The summed E-state index contributed by atoms with van der Waals surface area (Å²) in [6, 6.07) is 3.58. The van der Waals surface area contributed by atoms with Gasteiger partial charge in [0.2, 0.25) is 10.0 Å². The molecule has 2 aromatic heterocycles. The van der Waals surface area contributed by atoms with Crippen LogP contribution >= 0.6 is 11.3 Å². The Bertz CT molecular complexity index is 952. The van der Waals surface area contributed by atoms with Crippen LogP contribution in [0.2, 0.25) is 0 Å². The van der Waals surface area contributed by atoms with Crippen molar-refractivity contribution in [3.05, 3.63) is 28.7 Å². The number of sulfonamides is 1. The number of methoxy groups -OCH3 is 1. The number of nitrogens with one attached hydrogen (secondary N) is 3. The second kappa shape index (κ2) is 9.65. The summed E-state index contributed by atoms with van der Waals surface area (Å²) in [4.78, 5) is 9.66. The molecule has 0 fully saturated rings. The van der Waals surface area contributed by atoms with Gasteiger partial charge in [-0.15, -0.1) is 11.3 Å². The van der Waals surface area contributed by atoms with Gasteiger partial charge < -0.3 is 15.4 Å². The zero-order valence-electron chi connectivity index (χ0n) is 16.8. The van der Waals surface area contributed by atoms with E-state index in [1.807, 2.05) is 11.6 Å². The SMILES string of the molecule is CN=C(NCCNS(=O)(=O)c1ccc(C)s1)NC1CCc2nc(COC)nn2C1. The standard InChI is InChI=1S/C17H27N7O3S2/c1-12-4-7-16(28-12)29(25,26)20-9-8-19-17(18-2)21-13-5-6-15-22-14(11-27-3)23-24(15)10-13/h4,7,13,20H,5-6,8-11H2,1-3H3,(H2,18,19,21). The van der Waals surface area contributed by atoms with Gasteiger partial charge in [0.25, 0.3) is 0 Å². The maximum Gasteiger partial charge on any atom is 0.250 e. The lowest BCUT2D eigenvalue weighted by Gasteiger charge is -2.25. The summed E-state index contributed by atoms with van der Waals surface area (Å²) in [5, 5.41) is 11.0. The average Bonchev–Trinajstić information content (AvgIpc) is 3.30. The third-order valence-electron chi connectivity index (χ3n) is 4.43. The molecule has 1 atom stereocenters. The maximum atomic E-state index is 12.2. The van der Waals surface area contributed by atoms with Gasteiger partial charge in [-0.1, -0.05) is 0 Å². The lowest BCUT2D eigenvalue weighted by Crippen LogP contribution is -2.48. The highest BCUT2D eigenvalue weighted by Gasteiger charge is 2.22. The summed E-state index contributed by atoms with van der Waals surface area (Å²) >= 11 is 1.26. The minimum absolute atomic E-state index is 0.164. The number of aliphatic imine (C=N–C) groups is 1. The van der Waals surface area contributed by atoms with E-state index in [0.717, 1.165) is 23.5 Å². The van der Waals surface area contributed by atoms with Gasteiger partial charge in [-0.2, -0.15) is 5.10 Å². The normalized spacial score (nSPS) is 17.2. The number of hydrogen-bond donors (Lipinski definition) is 3. The predicted octanol–water partition coefficient (Wildman–Crippen LogP) is 0.253. The number of rotatable bonds is 8. The molecular formula is C17H27N7O3S2. The van der Waals surface area contributed by atoms with Crippen molar-refractivity contribution in [2.45, 2.75) is 43.2 Å². The highest BCUT2D eigenvalue weighted by molar-refractivity contribution is 7.91. The van der Waals surface area contributed by atoms with Crippen molar-refractivity contribution >= 4 is 27.3 Å². The topological polar surface area (TPSA) is 123 Å². The molecule has 1 aliphatic rings. The Morgan fingerprint density at radius 3 is 2.93 bits per heavy atom. The molecule has 29 heavy (non-hydrogen) atoms. The van der Waals surface area contributed by atoms with E-state index in [1.165, 1.54) is 11.3 Å². The molecule has 0 bridgehead atoms. The Hall–Kier alpha value is -2.02. The first-order chi connectivity index (χ1) is 13.9. The Morgan fingerprint density at radius 1 is 1.41 bits per heavy atom. The predicted molar refractivity (Wildman–Crippen MR) is 112 cm³/mol. The van der Waals surface area contributed by atoms with E-state index in [1.54, 1.807) is 26.3 Å². The van der Waals surface area contributed by atoms with E-state index in [-0.39, 0.29) is 12.6 Å². The highest BCUT2D eigenvalue weighted by atomic mass is 32.2. The maximum absolute atomic E-state index is 12.2. The molecular weight excluding hydrogens is 414 g/mol. The number of nitrogens with zero attached hydrogens (tertiary/aromatic N) is 4. The fourth-order valence-electron chi connectivity index (χ4n) is 3.05. The second-order valence-electron chi connectivity index (χ2n) is 6.70. The van der Waals surface area contributed by atoms with Gasteiger partial charge in [0.1, 0.15) is 16.6 Å². The van der Waals surface area contributed by atoms with Gasteiger partial charge in [-0.05, 0) is 25.5 Å². The van der Waals surface area contributed by atoms with Crippen molar-refractivity contribution < 1.29 is 13.2 Å². The van der Waals surface area contributed by atoms with Crippen molar-refractivity contribution in [2.75, 3.05) is 27.2 Å². The van der Waals surface area contributed by atoms with Gasteiger partial charge >= 0.3 is 0 Å². The summed E-state index contributed by atoms with van der Waals surface area (Å²) in [6.45, 7) is 3.66. The van der Waals surface area contributed by atoms with Crippen LogP contribution in [0.3, 0.4) is 0 Å². The van der Waals surface area contributed by atoms with Crippen LogP contribution in [-0.4, -0.2) is 62.4 Å². The molecule has 0 radical (unpaired) electrons. The molecule has 0 spiro atoms. The zero-order valence-corrected chi connectivity index (χ0v) is 18.4. The lowest BCUT2D eigenvalue weighted by atomic mass is 10.1. The molecule has 0 saturated carbocycles. The molecule has 0 aliphatic carbocycles. The number of thiophene rings is 1. The van der Waals surface area contributed by atoms with E-state index in [4.69, 9.17) is 4.74 Å². The Labute approximate surface area is 174 Å². The summed E-state index contributed by atoms with van der Waals surface area (Å²) in [5.74, 6) is 2.29. The number of hydrogen-bond acceptors (Lipinski definition) is 7. The second-order valence-corrected chi connectivity index (χ2v) is 9.98. The molecule has 10 nitrogen and oxygen atoms in total. The minimum atomic E-state index is -3.47. The van der Waals surface area contributed by atoms with Crippen molar-refractivity contribution in [3.63, 3.8) is 0 Å². The van der Waals surface area contributed by atoms with Gasteiger partial charge in [0.15, 0.2) is 11.8 Å². The zero-order chi connectivity index (χ0) is 20.9. The summed E-state index contributed by atoms with van der Waals surface area (Å²) < 4.78 is 34.4. The van der Waals surface area contributed by atoms with E-state index >= 15 is 0 Å². The van der Waals surface area contributed by atoms with Crippen LogP contribution in [0.4, 0.5) is 0 Å². The third-order valence-corrected chi connectivity index (χ3v) is 7.38. The average molecular weight is 442 g/mol. The minimum Gasteiger partial charge on any atom is -0.377 e. The molecule has 3 rings (SSSR count). The van der Waals surface area contributed by atoms with Crippen molar-refractivity contribution in [1.82, 2.24) is 30.1 Å². The highest BCUT2D eigenvalue weighted by Crippen LogP contribution is 2.20. The fourth-order valence-corrected chi connectivity index (χ4v) is 5.41. The molecule has 3 heterocycles. The van der Waals surface area contributed by atoms with Gasteiger partial charge in [0, 0.05) is 44.6 Å². The van der Waals surface area contributed by atoms with E-state index in [0.29, 0.717) is 35.7 Å². The van der Waals surface area contributed by atoms with Crippen LogP contribution in [0.25, 0.3) is 0 Å². The van der Waals surface area contributed by atoms with Crippen molar-refractivity contribution in [2.24, 2.45) is 4.99 Å². The molecule has 0 aromatic carbocycles. The molecule has 3 N–H and O–H groups in total. The molecule has 12 heteroatoms. The molecule has 160 valence electrons. The van der Waals surface area contributed by atoms with Crippen LogP contribution in [0.5, 0.6) is 0 Å². The number of guanidine groups is 1. The van der Waals surface area contributed by atoms with Crippen molar-refractivity contribution in [3.8, 4) is 0 Å². The Morgan fingerprint density at radius 2 is 2.24 bits per heavy atom. The van der Waals surface area contributed by atoms with Gasteiger partial charge in [-0.25, -0.2) is 22.8 Å². The van der Waals surface area contributed by atoms with Gasteiger partial charge in [-0.3, -0.25) is 4.99 Å². The first-order valence-electron chi connectivity index (χ1n) is 9.36. The summed E-state index contributed by atoms with van der Waals surface area (Å²) in [5.41, 5.74) is 0. The van der Waals surface area contributed by atoms with E-state index in [2.05, 4.69) is 30.4 Å². The quantitative estimate of drug-likeness (QED) is 0.305. The first kappa shape index (κ1) is 21.7. The first-order valence-corrected chi connectivity index (χ1v) is 11.7. The number of aryl methyl sites for hydroxylation is 2. The molecule has 1 unspecified atom stereocenters. The largest absolute Gasteiger partial charge is 0.377 e. The van der Waals surface area contributed by atoms with Gasteiger partial charge in [0.05, 0.1) is 6.54 Å². The van der Waals surface area contributed by atoms with Crippen LogP contribution in [-0.2, 0) is 34.3 Å². The smallest absolute Gasteiger partial charge is 0.250 e. The van der Waals surface area contributed by atoms with E-state index in [9.17, 15) is 8.42 Å². The van der Waals surface area contributed by atoms with Crippen LogP contribution in [0.15, 0.2) is 21.3 Å². The molecule has 1 aliphatic heterocycles. The van der Waals surface area contributed by atoms with Crippen LogP contribution < -0.4 is 15.4 Å². The monoisotopic (exact) mass is 441 g/mol. The fraction of sp³-hybridized carbons (Fsp3) is 0.588. The molecule has 0 saturated heterocycles. The third kappa shape index (κ3) is 5.75. The molecule has 2 aromatic rings. The van der Waals surface area contributed by atoms with Crippen LogP contribution in [0, 0.1) is 6.92 Å². The van der Waals surface area contributed by atoms with E-state index < -0.39 is 10.0 Å². The van der Waals surface area contributed by atoms with Crippen LogP contribution in [0.1, 0.15) is 22.9 Å². The number of aromatic nitrogens is 3. The summed E-state index contributed by atoms with van der Waals surface area (Å²) in [6.07, 6.45) is 1.74.